The zero-order valence-electron chi connectivity index (χ0n) is 15.9. The zero-order chi connectivity index (χ0) is 17.0. The number of aliphatic imine (C=N–C) groups is 1. The van der Waals surface area contributed by atoms with Crippen LogP contribution in [0.5, 0.6) is 0 Å². The van der Waals surface area contributed by atoms with Gasteiger partial charge in [-0.2, -0.15) is 0 Å². The summed E-state index contributed by atoms with van der Waals surface area (Å²) >= 11 is 0. The molecule has 2 aliphatic rings. The first-order valence-electron chi connectivity index (χ1n) is 10.1. The predicted octanol–water partition coefficient (Wildman–Crippen LogP) is 2.62. The van der Waals surface area contributed by atoms with E-state index in [9.17, 15) is 0 Å². The van der Waals surface area contributed by atoms with Crippen LogP contribution in [-0.2, 0) is 4.74 Å². The summed E-state index contributed by atoms with van der Waals surface area (Å²) in [6, 6.07) is 0. The first kappa shape index (κ1) is 19.5. The number of hydrogen-bond donors (Lipinski definition) is 2. The summed E-state index contributed by atoms with van der Waals surface area (Å²) in [5, 5.41) is 6.91. The van der Waals surface area contributed by atoms with Crippen LogP contribution in [0.1, 0.15) is 58.3 Å². The fourth-order valence-corrected chi connectivity index (χ4v) is 4.07. The van der Waals surface area contributed by atoms with E-state index in [1.807, 2.05) is 7.05 Å². The normalized spacial score (nSPS) is 21.8. The summed E-state index contributed by atoms with van der Waals surface area (Å²) in [5.41, 5.74) is 0. The van der Waals surface area contributed by atoms with Crippen LogP contribution in [0.4, 0.5) is 0 Å². The average Bonchev–Trinajstić information content (AvgIpc) is 3.15. The maximum atomic E-state index is 5.99. The lowest BCUT2D eigenvalue weighted by Gasteiger charge is -2.27. The number of likely N-dealkylation sites (tertiary alicyclic amines) is 1. The number of nitrogens with one attached hydrogen (secondary N) is 2. The van der Waals surface area contributed by atoms with E-state index in [1.54, 1.807) is 0 Å². The van der Waals surface area contributed by atoms with Crippen molar-refractivity contribution >= 4 is 5.96 Å². The predicted molar refractivity (Wildman–Crippen MR) is 102 cm³/mol. The second-order valence-electron chi connectivity index (χ2n) is 7.16. The van der Waals surface area contributed by atoms with E-state index in [1.165, 1.54) is 58.0 Å². The van der Waals surface area contributed by atoms with Crippen molar-refractivity contribution in [2.45, 2.75) is 64.4 Å². The minimum atomic E-state index is 0.413. The first-order valence-corrected chi connectivity index (χ1v) is 10.1. The molecule has 1 aliphatic heterocycles. The van der Waals surface area contributed by atoms with E-state index in [4.69, 9.17) is 4.74 Å². The van der Waals surface area contributed by atoms with E-state index in [0.717, 1.165) is 44.5 Å². The van der Waals surface area contributed by atoms with Gasteiger partial charge in [0.05, 0.1) is 6.10 Å². The highest BCUT2D eigenvalue weighted by molar-refractivity contribution is 5.79. The molecular formula is C19H38N4O. The van der Waals surface area contributed by atoms with Crippen molar-refractivity contribution in [2.75, 3.05) is 46.4 Å². The maximum Gasteiger partial charge on any atom is 0.191 e. The minimum Gasteiger partial charge on any atom is -0.378 e. The van der Waals surface area contributed by atoms with Crippen LogP contribution >= 0.6 is 0 Å². The van der Waals surface area contributed by atoms with Crippen molar-refractivity contribution in [2.24, 2.45) is 10.9 Å². The van der Waals surface area contributed by atoms with Crippen LogP contribution in [0.25, 0.3) is 0 Å². The van der Waals surface area contributed by atoms with Gasteiger partial charge in [-0.05, 0) is 58.0 Å². The van der Waals surface area contributed by atoms with Gasteiger partial charge in [0.1, 0.15) is 0 Å². The van der Waals surface area contributed by atoms with Gasteiger partial charge in [0.15, 0.2) is 5.96 Å². The summed E-state index contributed by atoms with van der Waals surface area (Å²) in [7, 11) is 1.85. The van der Waals surface area contributed by atoms with E-state index in [-0.39, 0.29) is 0 Å². The van der Waals surface area contributed by atoms with Crippen molar-refractivity contribution < 1.29 is 4.74 Å². The Morgan fingerprint density at radius 3 is 2.46 bits per heavy atom. The van der Waals surface area contributed by atoms with Gasteiger partial charge in [0, 0.05) is 33.3 Å². The molecule has 1 unspecified atom stereocenters. The molecule has 2 N–H and O–H groups in total. The first-order chi connectivity index (χ1) is 11.8. The molecule has 5 nitrogen and oxygen atoms in total. The number of guanidine groups is 1. The van der Waals surface area contributed by atoms with Crippen LogP contribution in [0, 0.1) is 5.92 Å². The average molecular weight is 339 g/mol. The Balaban J connectivity index is 1.60. The smallest absolute Gasteiger partial charge is 0.191 e. The van der Waals surface area contributed by atoms with Crippen LogP contribution in [0.3, 0.4) is 0 Å². The van der Waals surface area contributed by atoms with E-state index in [2.05, 4.69) is 27.4 Å². The molecule has 140 valence electrons. The highest BCUT2D eigenvalue weighted by atomic mass is 16.5. The lowest BCUT2D eigenvalue weighted by Crippen LogP contribution is -2.43. The molecule has 0 bridgehead atoms. The van der Waals surface area contributed by atoms with Crippen LogP contribution in [-0.4, -0.2) is 63.3 Å². The lowest BCUT2D eigenvalue weighted by molar-refractivity contribution is 0.0169. The molecule has 1 saturated carbocycles. The van der Waals surface area contributed by atoms with Gasteiger partial charge in [0.2, 0.25) is 0 Å². The van der Waals surface area contributed by atoms with Crippen LogP contribution in [0.2, 0.25) is 0 Å². The molecule has 0 aromatic heterocycles. The summed E-state index contributed by atoms with van der Waals surface area (Å²) in [4.78, 5) is 6.90. The molecule has 2 rings (SSSR count). The highest BCUT2D eigenvalue weighted by Crippen LogP contribution is 2.30. The van der Waals surface area contributed by atoms with Crippen molar-refractivity contribution in [3.63, 3.8) is 0 Å². The minimum absolute atomic E-state index is 0.413. The Bertz CT molecular complexity index is 349. The lowest BCUT2D eigenvalue weighted by atomic mass is 9.98. The number of ether oxygens (including phenoxy) is 1. The van der Waals surface area contributed by atoms with E-state index in [0.29, 0.717) is 6.10 Å². The SMILES string of the molecule is CCOC(CCNC(=NC)NCCN1CCCCC1)C1CCCC1. The second kappa shape index (κ2) is 11.7. The molecule has 0 spiro atoms. The molecule has 0 aromatic carbocycles. The van der Waals surface area contributed by atoms with Crippen LogP contribution in [0.15, 0.2) is 4.99 Å². The summed E-state index contributed by atoms with van der Waals surface area (Å²) < 4.78 is 5.99. The quantitative estimate of drug-likeness (QED) is 0.501. The largest absolute Gasteiger partial charge is 0.378 e. The summed E-state index contributed by atoms with van der Waals surface area (Å²) in [6.07, 6.45) is 11.0. The second-order valence-corrected chi connectivity index (χ2v) is 7.16. The van der Waals surface area contributed by atoms with Gasteiger partial charge in [-0.3, -0.25) is 4.99 Å². The van der Waals surface area contributed by atoms with Gasteiger partial charge in [-0.15, -0.1) is 0 Å². The number of hydrogen-bond acceptors (Lipinski definition) is 3. The van der Waals surface area contributed by atoms with Crippen molar-refractivity contribution in [3.8, 4) is 0 Å². The topological polar surface area (TPSA) is 48.9 Å². The van der Waals surface area contributed by atoms with E-state index < -0.39 is 0 Å². The van der Waals surface area contributed by atoms with Gasteiger partial charge < -0.3 is 20.3 Å². The molecule has 0 radical (unpaired) electrons. The standard InChI is InChI=1S/C19H38N4O/c1-3-24-18(17-9-5-6-10-17)11-12-21-19(20-2)22-13-16-23-14-7-4-8-15-23/h17-18H,3-16H2,1-2H3,(H2,20,21,22). The third-order valence-electron chi connectivity index (χ3n) is 5.42. The van der Waals surface area contributed by atoms with Gasteiger partial charge in [0.25, 0.3) is 0 Å². The summed E-state index contributed by atoms with van der Waals surface area (Å²) in [6.45, 7) is 8.46. The van der Waals surface area contributed by atoms with Crippen LogP contribution < -0.4 is 10.6 Å². The fraction of sp³-hybridized carbons (Fsp3) is 0.947. The molecule has 1 saturated heterocycles. The monoisotopic (exact) mass is 338 g/mol. The molecule has 1 aliphatic carbocycles. The number of piperidine rings is 1. The molecule has 2 fully saturated rings. The summed E-state index contributed by atoms with van der Waals surface area (Å²) in [5.74, 6) is 1.69. The zero-order valence-corrected chi connectivity index (χ0v) is 15.9. The Labute approximate surface area is 148 Å². The molecule has 5 heteroatoms. The van der Waals surface area contributed by atoms with Crippen molar-refractivity contribution in [1.29, 1.82) is 0 Å². The van der Waals surface area contributed by atoms with Gasteiger partial charge in [-0.1, -0.05) is 19.3 Å². The third-order valence-corrected chi connectivity index (χ3v) is 5.42. The van der Waals surface area contributed by atoms with Gasteiger partial charge in [-0.25, -0.2) is 0 Å². The maximum absolute atomic E-state index is 5.99. The van der Waals surface area contributed by atoms with Gasteiger partial charge >= 0.3 is 0 Å². The molecule has 0 aromatic rings. The number of nitrogens with zero attached hydrogens (tertiary/aromatic N) is 2. The highest BCUT2D eigenvalue weighted by Gasteiger charge is 2.25. The number of rotatable bonds is 9. The fourth-order valence-electron chi connectivity index (χ4n) is 4.07. The molecule has 1 atom stereocenters. The Morgan fingerprint density at radius 2 is 1.79 bits per heavy atom. The Morgan fingerprint density at radius 1 is 1.08 bits per heavy atom. The molecular weight excluding hydrogens is 300 g/mol. The molecule has 24 heavy (non-hydrogen) atoms. The third kappa shape index (κ3) is 6.98. The van der Waals surface area contributed by atoms with Crippen molar-refractivity contribution in [1.82, 2.24) is 15.5 Å². The Hall–Kier alpha value is -0.810. The van der Waals surface area contributed by atoms with Crippen molar-refractivity contribution in [3.05, 3.63) is 0 Å². The molecule has 0 amide bonds. The van der Waals surface area contributed by atoms with E-state index >= 15 is 0 Å². The Kier molecular flexibility index (Phi) is 9.51. The molecule has 1 heterocycles.